The van der Waals surface area contributed by atoms with E-state index in [4.69, 9.17) is 0 Å². The van der Waals surface area contributed by atoms with E-state index in [0.717, 1.165) is 6.54 Å². The Kier molecular flexibility index (Phi) is 4.86. The van der Waals surface area contributed by atoms with Gasteiger partial charge in [0.1, 0.15) is 0 Å². The standard InChI is InChI=1S/C8H18N2O/c1-5-8(11)10(4)7(3)9-6-2/h7,9H,5-6H2,1-4H3. The minimum atomic E-state index is 0.146. The monoisotopic (exact) mass is 158 g/mol. The molecule has 3 heteroatoms. The van der Waals surface area contributed by atoms with Crippen LogP contribution in [0.2, 0.25) is 0 Å². The van der Waals surface area contributed by atoms with E-state index in [1.54, 1.807) is 4.90 Å². The van der Waals surface area contributed by atoms with Crippen LogP contribution in [0.1, 0.15) is 27.2 Å². The number of rotatable bonds is 4. The second kappa shape index (κ2) is 5.13. The summed E-state index contributed by atoms with van der Waals surface area (Å²) in [4.78, 5) is 12.8. The quantitative estimate of drug-likeness (QED) is 0.614. The van der Waals surface area contributed by atoms with Gasteiger partial charge >= 0.3 is 0 Å². The predicted molar refractivity (Wildman–Crippen MR) is 46.2 cm³/mol. The van der Waals surface area contributed by atoms with Crippen LogP contribution in [-0.4, -0.2) is 30.6 Å². The SMILES string of the molecule is CCNC(C)N(C)C(=O)CC. The maximum Gasteiger partial charge on any atom is 0.223 e. The molecule has 0 heterocycles. The average Bonchev–Trinajstić information content (AvgIpc) is 2.02. The number of nitrogens with one attached hydrogen (secondary N) is 1. The molecule has 1 N–H and O–H groups in total. The van der Waals surface area contributed by atoms with Crippen molar-refractivity contribution in [2.45, 2.75) is 33.4 Å². The molecule has 0 aliphatic carbocycles. The van der Waals surface area contributed by atoms with Crippen LogP contribution >= 0.6 is 0 Å². The Morgan fingerprint density at radius 3 is 2.45 bits per heavy atom. The zero-order valence-corrected chi connectivity index (χ0v) is 7.85. The van der Waals surface area contributed by atoms with E-state index in [1.807, 2.05) is 27.8 Å². The molecule has 3 nitrogen and oxygen atoms in total. The van der Waals surface area contributed by atoms with Gasteiger partial charge in [-0.2, -0.15) is 0 Å². The highest BCUT2D eigenvalue weighted by Crippen LogP contribution is 1.94. The fourth-order valence-corrected chi connectivity index (χ4v) is 0.898. The van der Waals surface area contributed by atoms with Crippen LogP contribution in [0.4, 0.5) is 0 Å². The summed E-state index contributed by atoms with van der Waals surface area (Å²) in [6.07, 6.45) is 0.721. The Morgan fingerprint density at radius 2 is 2.09 bits per heavy atom. The Hall–Kier alpha value is -0.570. The molecule has 0 saturated heterocycles. The first-order valence-electron chi connectivity index (χ1n) is 4.12. The molecule has 0 fully saturated rings. The van der Waals surface area contributed by atoms with E-state index in [1.165, 1.54) is 0 Å². The molecule has 0 aromatic carbocycles. The van der Waals surface area contributed by atoms with E-state index >= 15 is 0 Å². The van der Waals surface area contributed by atoms with E-state index in [-0.39, 0.29) is 12.1 Å². The minimum absolute atomic E-state index is 0.146. The molecule has 11 heavy (non-hydrogen) atoms. The van der Waals surface area contributed by atoms with Gasteiger partial charge < -0.3 is 4.90 Å². The largest absolute Gasteiger partial charge is 0.331 e. The highest BCUT2D eigenvalue weighted by Gasteiger charge is 2.11. The maximum absolute atomic E-state index is 11.1. The number of hydrogen-bond acceptors (Lipinski definition) is 2. The first-order valence-corrected chi connectivity index (χ1v) is 4.12. The summed E-state index contributed by atoms with van der Waals surface area (Å²) in [6.45, 7) is 6.78. The van der Waals surface area contributed by atoms with Crippen molar-refractivity contribution in [2.24, 2.45) is 0 Å². The van der Waals surface area contributed by atoms with Gasteiger partial charge in [0.25, 0.3) is 0 Å². The molecule has 0 saturated carbocycles. The average molecular weight is 158 g/mol. The van der Waals surface area contributed by atoms with Crippen LogP contribution in [0.5, 0.6) is 0 Å². The van der Waals surface area contributed by atoms with Crippen molar-refractivity contribution in [3.8, 4) is 0 Å². The molecule has 0 aliphatic rings. The molecule has 0 aromatic rings. The second-order valence-corrected chi connectivity index (χ2v) is 2.59. The third kappa shape index (κ3) is 3.37. The highest BCUT2D eigenvalue weighted by atomic mass is 16.2. The Labute approximate surface area is 68.8 Å². The smallest absolute Gasteiger partial charge is 0.223 e. The molecule has 0 radical (unpaired) electrons. The zero-order chi connectivity index (χ0) is 8.85. The summed E-state index contributed by atoms with van der Waals surface area (Å²) >= 11 is 0. The Morgan fingerprint density at radius 1 is 1.55 bits per heavy atom. The molecule has 0 rings (SSSR count). The van der Waals surface area contributed by atoms with Gasteiger partial charge in [-0.3, -0.25) is 10.1 Å². The van der Waals surface area contributed by atoms with Crippen LogP contribution < -0.4 is 5.32 Å². The first-order chi connectivity index (χ1) is 5.13. The number of nitrogens with zero attached hydrogens (tertiary/aromatic N) is 1. The molecule has 66 valence electrons. The van der Waals surface area contributed by atoms with Crippen LogP contribution in [-0.2, 0) is 4.79 Å². The van der Waals surface area contributed by atoms with Crippen molar-refractivity contribution in [1.82, 2.24) is 10.2 Å². The van der Waals surface area contributed by atoms with Crippen LogP contribution in [0.3, 0.4) is 0 Å². The molecular weight excluding hydrogens is 140 g/mol. The molecular formula is C8H18N2O. The van der Waals surface area contributed by atoms with Crippen molar-refractivity contribution in [3.63, 3.8) is 0 Å². The van der Waals surface area contributed by atoms with Gasteiger partial charge in [0, 0.05) is 13.5 Å². The first kappa shape index (κ1) is 10.4. The summed E-state index contributed by atoms with van der Waals surface area (Å²) in [5, 5.41) is 3.17. The predicted octanol–water partition coefficient (Wildman–Crippen LogP) is 0.810. The third-order valence-corrected chi connectivity index (χ3v) is 1.78. The Balaban J connectivity index is 3.80. The van der Waals surface area contributed by atoms with Gasteiger partial charge in [-0.15, -0.1) is 0 Å². The lowest BCUT2D eigenvalue weighted by Crippen LogP contribution is -2.44. The van der Waals surface area contributed by atoms with Crippen molar-refractivity contribution in [3.05, 3.63) is 0 Å². The lowest BCUT2D eigenvalue weighted by atomic mass is 10.4. The summed E-state index contributed by atoms with van der Waals surface area (Å²) < 4.78 is 0. The van der Waals surface area contributed by atoms with Crippen molar-refractivity contribution < 1.29 is 4.79 Å². The van der Waals surface area contributed by atoms with E-state index < -0.39 is 0 Å². The minimum Gasteiger partial charge on any atom is -0.331 e. The topological polar surface area (TPSA) is 32.3 Å². The third-order valence-electron chi connectivity index (χ3n) is 1.78. The van der Waals surface area contributed by atoms with E-state index in [2.05, 4.69) is 5.32 Å². The van der Waals surface area contributed by atoms with Crippen molar-refractivity contribution in [2.75, 3.05) is 13.6 Å². The fraction of sp³-hybridized carbons (Fsp3) is 0.875. The van der Waals surface area contributed by atoms with Crippen LogP contribution in [0, 0.1) is 0 Å². The fourth-order valence-electron chi connectivity index (χ4n) is 0.898. The second-order valence-electron chi connectivity index (χ2n) is 2.59. The Bertz CT molecular complexity index is 125. The lowest BCUT2D eigenvalue weighted by molar-refractivity contribution is -0.131. The lowest BCUT2D eigenvalue weighted by Gasteiger charge is -2.24. The van der Waals surface area contributed by atoms with Gasteiger partial charge in [0.05, 0.1) is 6.17 Å². The molecule has 1 atom stereocenters. The van der Waals surface area contributed by atoms with Crippen LogP contribution in [0.15, 0.2) is 0 Å². The highest BCUT2D eigenvalue weighted by molar-refractivity contribution is 5.75. The van der Waals surface area contributed by atoms with Gasteiger partial charge in [-0.05, 0) is 13.5 Å². The summed E-state index contributed by atoms with van der Waals surface area (Å²) in [6, 6.07) is 0. The molecule has 0 aromatic heterocycles. The number of hydrogen-bond donors (Lipinski definition) is 1. The van der Waals surface area contributed by atoms with Gasteiger partial charge in [-0.25, -0.2) is 0 Å². The molecule has 1 amide bonds. The van der Waals surface area contributed by atoms with E-state index in [9.17, 15) is 4.79 Å². The molecule has 0 bridgehead atoms. The maximum atomic E-state index is 11.1. The number of carbonyl (C=O) groups excluding carboxylic acids is 1. The van der Waals surface area contributed by atoms with Crippen molar-refractivity contribution >= 4 is 5.91 Å². The van der Waals surface area contributed by atoms with Crippen LogP contribution in [0.25, 0.3) is 0 Å². The zero-order valence-electron chi connectivity index (χ0n) is 7.85. The molecule has 0 aliphatic heterocycles. The summed E-state index contributed by atoms with van der Waals surface area (Å²) in [5.41, 5.74) is 0. The number of amides is 1. The summed E-state index contributed by atoms with van der Waals surface area (Å²) in [5.74, 6) is 0.179. The van der Waals surface area contributed by atoms with Gasteiger partial charge in [0.15, 0.2) is 0 Å². The van der Waals surface area contributed by atoms with E-state index in [0.29, 0.717) is 6.42 Å². The normalized spacial score (nSPS) is 12.7. The van der Waals surface area contributed by atoms with Crippen molar-refractivity contribution in [1.29, 1.82) is 0 Å². The number of carbonyl (C=O) groups is 1. The van der Waals surface area contributed by atoms with Gasteiger partial charge in [0.2, 0.25) is 5.91 Å². The summed E-state index contributed by atoms with van der Waals surface area (Å²) in [7, 11) is 1.82. The van der Waals surface area contributed by atoms with Gasteiger partial charge in [-0.1, -0.05) is 13.8 Å². The molecule has 0 spiro atoms. The molecule has 1 unspecified atom stereocenters.